The molecular formula is C23H33N3O4. The topological polar surface area (TPSA) is 87.7 Å². The Bertz CT molecular complexity index is 756. The number of amides is 3. The molecule has 0 unspecified atom stereocenters. The summed E-state index contributed by atoms with van der Waals surface area (Å²) in [5.41, 5.74) is 0.680. The Hall–Kier alpha value is -2.57. The van der Waals surface area contributed by atoms with E-state index in [4.69, 9.17) is 4.74 Å². The standard InChI is InChI=1S/C23H33N3O4/c1-17-8-4-7-15-26(17)21(28)18-9-11-19(12-10-18)24-22(29)25-23(16-20(27)30-2)13-5-3-6-14-23/h9-12,17H,3-8,13-16H2,1-2H3,(H2,24,25,29)/t17-/m0/s1. The van der Waals surface area contributed by atoms with Gasteiger partial charge in [0.1, 0.15) is 0 Å². The molecule has 7 nitrogen and oxygen atoms in total. The van der Waals surface area contributed by atoms with E-state index in [2.05, 4.69) is 17.6 Å². The quantitative estimate of drug-likeness (QED) is 0.709. The van der Waals surface area contributed by atoms with E-state index in [0.29, 0.717) is 11.3 Å². The third-order valence-electron chi connectivity index (χ3n) is 6.35. The number of rotatable bonds is 5. The van der Waals surface area contributed by atoms with Crippen molar-refractivity contribution in [3.8, 4) is 0 Å². The molecule has 1 saturated carbocycles. The van der Waals surface area contributed by atoms with Crippen LogP contribution in [0.25, 0.3) is 0 Å². The Morgan fingerprint density at radius 1 is 1.07 bits per heavy atom. The van der Waals surface area contributed by atoms with Crippen molar-refractivity contribution in [2.75, 3.05) is 19.0 Å². The first-order chi connectivity index (χ1) is 14.4. The number of likely N-dealkylation sites (tertiary alicyclic amines) is 1. The summed E-state index contributed by atoms with van der Waals surface area (Å²) in [6.45, 7) is 2.89. The zero-order valence-corrected chi connectivity index (χ0v) is 18.0. The van der Waals surface area contributed by atoms with Crippen molar-refractivity contribution in [3.05, 3.63) is 29.8 Å². The summed E-state index contributed by atoms with van der Waals surface area (Å²) in [4.78, 5) is 39.2. The zero-order valence-electron chi connectivity index (χ0n) is 18.0. The first kappa shape index (κ1) is 22.1. The lowest BCUT2D eigenvalue weighted by Gasteiger charge is -2.37. The van der Waals surface area contributed by atoms with Gasteiger partial charge < -0.3 is 20.3 Å². The number of nitrogens with one attached hydrogen (secondary N) is 2. The number of piperidine rings is 1. The Labute approximate surface area is 178 Å². The van der Waals surface area contributed by atoms with Crippen molar-refractivity contribution in [2.24, 2.45) is 0 Å². The van der Waals surface area contributed by atoms with E-state index >= 15 is 0 Å². The molecule has 0 radical (unpaired) electrons. The number of carbonyl (C=O) groups is 3. The highest BCUT2D eigenvalue weighted by atomic mass is 16.5. The van der Waals surface area contributed by atoms with E-state index in [0.717, 1.165) is 51.5 Å². The number of urea groups is 1. The van der Waals surface area contributed by atoms with Gasteiger partial charge in [-0.25, -0.2) is 4.79 Å². The van der Waals surface area contributed by atoms with Gasteiger partial charge in [-0.05, 0) is 63.3 Å². The predicted octanol–water partition coefficient (Wildman–Crippen LogP) is 4.09. The molecule has 30 heavy (non-hydrogen) atoms. The van der Waals surface area contributed by atoms with Crippen LogP contribution in [0, 0.1) is 0 Å². The van der Waals surface area contributed by atoms with Crippen LogP contribution in [-0.2, 0) is 9.53 Å². The van der Waals surface area contributed by atoms with Crippen LogP contribution in [0.5, 0.6) is 0 Å². The fourth-order valence-electron chi connectivity index (χ4n) is 4.59. The van der Waals surface area contributed by atoms with E-state index in [-0.39, 0.29) is 30.4 Å². The van der Waals surface area contributed by atoms with Crippen molar-refractivity contribution in [1.29, 1.82) is 0 Å². The number of hydrogen-bond donors (Lipinski definition) is 2. The van der Waals surface area contributed by atoms with Gasteiger partial charge in [0.05, 0.1) is 19.1 Å². The lowest BCUT2D eigenvalue weighted by Crippen LogP contribution is -2.52. The maximum absolute atomic E-state index is 12.8. The molecule has 3 rings (SSSR count). The van der Waals surface area contributed by atoms with E-state index in [1.165, 1.54) is 13.5 Å². The molecule has 1 aromatic rings. The SMILES string of the molecule is COC(=O)CC1(NC(=O)Nc2ccc(C(=O)N3CCCC[C@@H]3C)cc2)CCCCC1. The average molecular weight is 416 g/mol. The maximum atomic E-state index is 12.8. The summed E-state index contributed by atoms with van der Waals surface area (Å²) >= 11 is 0. The van der Waals surface area contributed by atoms with Gasteiger partial charge >= 0.3 is 12.0 Å². The van der Waals surface area contributed by atoms with Gasteiger partial charge in [0.15, 0.2) is 0 Å². The number of anilines is 1. The van der Waals surface area contributed by atoms with Gasteiger partial charge in [0.2, 0.25) is 0 Å². The third kappa shape index (κ3) is 5.52. The first-order valence-electron chi connectivity index (χ1n) is 11.0. The number of hydrogen-bond acceptors (Lipinski definition) is 4. The van der Waals surface area contributed by atoms with Crippen LogP contribution in [-0.4, -0.2) is 48.0 Å². The summed E-state index contributed by atoms with van der Waals surface area (Å²) < 4.78 is 4.82. The summed E-state index contributed by atoms with van der Waals surface area (Å²) in [5, 5.41) is 5.85. The molecular weight excluding hydrogens is 382 g/mol. The summed E-state index contributed by atoms with van der Waals surface area (Å²) in [6, 6.07) is 6.92. The highest BCUT2D eigenvalue weighted by Crippen LogP contribution is 2.31. The van der Waals surface area contributed by atoms with Crippen molar-refractivity contribution in [3.63, 3.8) is 0 Å². The molecule has 1 aliphatic carbocycles. The summed E-state index contributed by atoms with van der Waals surface area (Å²) in [6.07, 6.45) is 8.01. The Morgan fingerprint density at radius 3 is 2.40 bits per heavy atom. The van der Waals surface area contributed by atoms with E-state index in [1.54, 1.807) is 24.3 Å². The molecule has 1 heterocycles. The van der Waals surface area contributed by atoms with Crippen LogP contribution in [0.15, 0.2) is 24.3 Å². The fraction of sp³-hybridized carbons (Fsp3) is 0.609. The van der Waals surface area contributed by atoms with Crippen molar-refractivity contribution in [1.82, 2.24) is 10.2 Å². The molecule has 3 amide bonds. The largest absolute Gasteiger partial charge is 0.469 e. The minimum atomic E-state index is -0.560. The number of carbonyl (C=O) groups excluding carboxylic acids is 3. The second-order valence-electron chi connectivity index (χ2n) is 8.59. The highest BCUT2D eigenvalue weighted by Gasteiger charge is 2.36. The predicted molar refractivity (Wildman–Crippen MR) is 115 cm³/mol. The molecule has 164 valence electrons. The zero-order chi connectivity index (χ0) is 21.6. The van der Waals surface area contributed by atoms with Crippen LogP contribution in [0.2, 0.25) is 0 Å². The highest BCUT2D eigenvalue weighted by molar-refractivity contribution is 5.96. The monoisotopic (exact) mass is 415 g/mol. The Morgan fingerprint density at radius 2 is 1.77 bits per heavy atom. The summed E-state index contributed by atoms with van der Waals surface area (Å²) in [5.74, 6) is -0.274. The Balaban J connectivity index is 1.60. The van der Waals surface area contributed by atoms with Crippen molar-refractivity contribution in [2.45, 2.75) is 76.3 Å². The second kappa shape index (κ2) is 9.96. The number of ether oxygens (including phenoxy) is 1. The van der Waals surface area contributed by atoms with Gasteiger partial charge in [-0.2, -0.15) is 0 Å². The minimum Gasteiger partial charge on any atom is -0.469 e. The molecule has 2 fully saturated rings. The number of methoxy groups -OCH3 is 1. The van der Waals surface area contributed by atoms with Crippen LogP contribution >= 0.6 is 0 Å². The second-order valence-corrected chi connectivity index (χ2v) is 8.59. The molecule has 1 atom stereocenters. The van der Waals surface area contributed by atoms with Crippen LogP contribution in [0.1, 0.15) is 75.1 Å². The van der Waals surface area contributed by atoms with Gasteiger partial charge in [-0.15, -0.1) is 0 Å². The number of nitrogens with zero attached hydrogens (tertiary/aromatic N) is 1. The van der Waals surface area contributed by atoms with Gasteiger partial charge in [-0.1, -0.05) is 19.3 Å². The molecule has 1 aliphatic heterocycles. The molecule has 1 aromatic carbocycles. The van der Waals surface area contributed by atoms with Gasteiger partial charge in [-0.3, -0.25) is 9.59 Å². The lowest BCUT2D eigenvalue weighted by atomic mass is 9.79. The number of esters is 1. The number of benzene rings is 1. The molecule has 0 bridgehead atoms. The van der Waals surface area contributed by atoms with Crippen LogP contribution in [0.3, 0.4) is 0 Å². The molecule has 1 saturated heterocycles. The average Bonchev–Trinajstić information content (AvgIpc) is 2.74. The van der Waals surface area contributed by atoms with Crippen molar-refractivity contribution < 1.29 is 19.1 Å². The Kier molecular flexibility index (Phi) is 7.34. The first-order valence-corrected chi connectivity index (χ1v) is 11.0. The maximum Gasteiger partial charge on any atom is 0.319 e. The minimum absolute atomic E-state index is 0.0393. The van der Waals surface area contributed by atoms with Crippen LogP contribution < -0.4 is 10.6 Å². The smallest absolute Gasteiger partial charge is 0.319 e. The van der Waals surface area contributed by atoms with Gasteiger partial charge in [0, 0.05) is 23.8 Å². The van der Waals surface area contributed by atoms with E-state index in [1.807, 2.05) is 4.90 Å². The fourth-order valence-corrected chi connectivity index (χ4v) is 4.59. The van der Waals surface area contributed by atoms with E-state index < -0.39 is 5.54 Å². The molecule has 7 heteroatoms. The summed E-state index contributed by atoms with van der Waals surface area (Å²) in [7, 11) is 1.37. The molecule has 0 aromatic heterocycles. The molecule has 2 N–H and O–H groups in total. The van der Waals surface area contributed by atoms with Gasteiger partial charge in [0.25, 0.3) is 5.91 Å². The van der Waals surface area contributed by atoms with Crippen molar-refractivity contribution >= 4 is 23.6 Å². The molecule has 2 aliphatic rings. The van der Waals surface area contributed by atoms with Crippen LogP contribution in [0.4, 0.5) is 10.5 Å². The third-order valence-corrected chi connectivity index (χ3v) is 6.35. The van der Waals surface area contributed by atoms with E-state index in [9.17, 15) is 14.4 Å². The molecule has 0 spiro atoms. The normalized spacial score (nSPS) is 20.9. The lowest BCUT2D eigenvalue weighted by molar-refractivity contribution is -0.142.